The van der Waals surface area contributed by atoms with Crippen LogP contribution in [0.1, 0.15) is 18.1 Å². The molecule has 5 heteroatoms. The zero-order valence-electron chi connectivity index (χ0n) is 13.0. The number of benzene rings is 2. The molecule has 0 aliphatic carbocycles. The number of hydrogen-bond acceptors (Lipinski definition) is 3. The van der Waals surface area contributed by atoms with Gasteiger partial charge in [-0.15, -0.1) is 0 Å². The summed E-state index contributed by atoms with van der Waals surface area (Å²) in [5, 5.41) is 14.6. The third-order valence-corrected chi connectivity index (χ3v) is 3.15. The molecule has 2 amide bonds. The lowest BCUT2D eigenvalue weighted by Crippen LogP contribution is -2.29. The number of aryl methyl sites for hydroxylation is 1. The molecular weight excluding hydrogens is 292 g/mol. The minimum absolute atomic E-state index is 0.0479. The van der Waals surface area contributed by atoms with Gasteiger partial charge in [-0.3, -0.25) is 9.59 Å². The zero-order chi connectivity index (χ0) is 16.8. The number of phenolic OH excluding ortho intramolecular Hbond substituents is 1. The van der Waals surface area contributed by atoms with Gasteiger partial charge in [0.1, 0.15) is 11.4 Å². The van der Waals surface area contributed by atoms with Crippen molar-refractivity contribution in [2.45, 2.75) is 13.8 Å². The molecule has 0 radical (unpaired) electrons. The van der Waals surface area contributed by atoms with Crippen molar-refractivity contribution in [2.75, 3.05) is 5.32 Å². The summed E-state index contributed by atoms with van der Waals surface area (Å²) in [5.41, 5.74) is 2.40. The number of amides is 2. The average molecular weight is 310 g/mol. The van der Waals surface area contributed by atoms with E-state index in [1.54, 1.807) is 18.2 Å². The maximum Gasteiger partial charge on any atom is 0.272 e. The van der Waals surface area contributed by atoms with Crippen molar-refractivity contribution in [2.24, 2.45) is 0 Å². The van der Waals surface area contributed by atoms with Crippen LogP contribution < -0.4 is 10.6 Å². The molecule has 118 valence electrons. The molecule has 5 nitrogen and oxygen atoms in total. The Labute approximate surface area is 134 Å². The molecule has 0 heterocycles. The van der Waals surface area contributed by atoms with Gasteiger partial charge in [0.2, 0.25) is 5.91 Å². The summed E-state index contributed by atoms with van der Waals surface area (Å²) in [4.78, 5) is 23.8. The molecular formula is C18H18N2O3. The van der Waals surface area contributed by atoms with Crippen molar-refractivity contribution >= 4 is 23.6 Å². The summed E-state index contributed by atoms with van der Waals surface area (Å²) in [7, 11) is 0. The Morgan fingerprint density at radius 1 is 1.09 bits per heavy atom. The highest BCUT2D eigenvalue weighted by Crippen LogP contribution is 2.17. The van der Waals surface area contributed by atoms with Crippen LogP contribution in [0.2, 0.25) is 0 Å². The molecule has 0 bridgehead atoms. The van der Waals surface area contributed by atoms with E-state index < -0.39 is 5.91 Å². The van der Waals surface area contributed by atoms with Crippen molar-refractivity contribution in [3.05, 3.63) is 65.4 Å². The van der Waals surface area contributed by atoms with E-state index in [2.05, 4.69) is 10.6 Å². The molecule has 0 spiro atoms. The molecule has 0 unspecified atom stereocenters. The Morgan fingerprint density at radius 3 is 2.48 bits per heavy atom. The SMILES string of the molecule is CC(=O)N/C(=C\c1ccccc1C)C(=O)Nc1cccc(O)c1. The van der Waals surface area contributed by atoms with Gasteiger partial charge in [-0.25, -0.2) is 0 Å². The van der Waals surface area contributed by atoms with Crippen LogP contribution in [0.25, 0.3) is 6.08 Å². The number of nitrogens with one attached hydrogen (secondary N) is 2. The molecule has 0 saturated carbocycles. The first kappa shape index (κ1) is 16.3. The van der Waals surface area contributed by atoms with Crippen LogP contribution in [0.4, 0.5) is 5.69 Å². The van der Waals surface area contributed by atoms with Crippen LogP contribution in [0.5, 0.6) is 5.75 Å². The predicted octanol–water partition coefficient (Wildman–Crippen LogP) is 2.82. The van der Waals surface area contributed by atoms with Crippen LogP contribution in [-0.4, -0.2) is 16.9 Å². The molecule has 0 saturated heterocycles. The summed E-state index contributed by atoms with van der Waals surface area (Å²) in [6, 6.07) is 13.7. The van der Waals surface area contributed by atoms with Crippen molar-refractivity contribution in [3.63, 3.8) is 0 Å². The number of hydrogen-bond donors (Lipinski definition) is 3. The first-order valence-electron chi connectivity index (χ1n) is 7.11. The van der Waals surface area contributed by atoms with E-state index in [1.165, 1.54) is 19.1 Å². The van der Waals surface area contributed by atoms with Gasteiger partial charge >= 0.3 is 0 Å². The van der Waals surface area contributed by atoms with Gasteiger partial charge < -0.3 is 15.7 Å². The minimum atomic E-state index is -0.464. The summed E-state index contributed by atoms with van der Waals surface area (Å²) in [6.45, 7) is 3.26. The number of rotatable bonds is 4. The fourth-order valence-corrected chi connectivity index (χ4v) is 2.03. The van der Waals surface area contributed by atoms with E-state index in [1.807, 2.05) is 31.2 Å². The second-order valence-corrected chi connectivity index (χ2v) is 5.10. The van der Waals surface area contributed by atoms with E-state index in [-0.39, 0.29) is 17.4 Å². The van der Waals surface area contributed by atoms with Crippen molar-refractivity contribution in [1.82, 2.24) is 5.32 Å². The van der Waals surface area contributed by atoms with Crippen LogP contribution in [0.3, 0.4) is 0 Å². The smallest absolute Gasteiger partial charge is 0.272 e. The maximum atomic E-state index is 12.4. The Hall–Kier alpha value is -3.08. The summed E-state index contributed by atoms with van der Waals surface area (Å²) >= 11 is 0. The van der Waals surface area contributed by atoms with Crippen LogP contribution in [0.15, 0.2) is 54.2 Å². The molecule has 0 aromatic heterocycles. The molecule has 0 atom stereocenters. The second kappa shape index (κ2) is 7.26. The number of phenols is 1. The molecule has 23 heavy (non-hydrogen) atoms. The quantitative estimate of drug-likeness (QED) is 0.760. The van der Waals surface area contributed by atoms with Crippen molar-refractivity contribution in [1.29, 1.82) is 0 Å². The van der Waals surface area contributed by atoms with E-state index in [4.69, 9.17) is 0 Å². The average Bonchev–Trinajstić information content (AvgIpc) is 2.48. The van der Waals surface area contributed by atoms with Gasteiger partial charge in [-0.2, -0.15) is 0 Å². The standard InChI is InChI=1S/C18H18N2O3/c1-12-6-3-4-7-14(12)10-17(19-13(2)21)18(23)20-15-8-5-9-16(22)11-15/h3-11,22H,1-2H3,(H,19,21)(H,20,23)/b17-10-. The van der Waals surface area contributed by atoms with E-state index >= 15 is 0 Å². The fraction of sp³-hybridized carbons (Fsp3) is 0.111. The van der Waals surface area contributed by atoms with Crippen LogP contribution in [0, 0.1) is 6.92 Å². The second-order valence-electron chi connectivity index (χ2n) is 5.10. The number of aromatic hydroxyl groups is 1. The van der Waals surface area contributed by atoms with Gasteiger partial charge in [0.15, 0.2) is 0 Å². The highest BCUT2D eigenvalue weighted by Gasteiger charge is 2.12. The summed E-state index contributed by atoms with van der Waals surface area (Å²) in [5.74, 6) is -0.753. The van der Waals surface area contributed by atoms with E-state index in [9.17, 15) is 14.7 Å². The molecule has 2 aromatic carbocycles. The minimum Gasteiger partial charge on any atom is -0.508 e. The third kappa shape index (κ3) is 4.71. The summed E-state index contributed by atoms with van der Waals surface area (Å²) < 4.78 is 0. The third-order valence-electron chi connectivity index (χ3n) is 3.15. The van der Waals surface area contributed by atoms with E-state index in [0.717, 1.165) is 11.1 Å². The normalized spacial score (nSPS) is 11.0. The first-order valence-corrected chi connectivity index (χ1v) is 7.11. The molecule has 0 aliphatic rings. The molecule has 3 N–H and O–H groups in total. The van der Waals surface area contributed by atoms with Gasteiger partial charge in [-0.1, -0.05) is 30.3 Å². The maximum absolute atomic E-state index is 12.4. The highest BCUT2D eigenvalue weighted by molar-refractivity contribution is 6.08. The molecule has 2 rings (SSSR count). The van der Waals surface area contributed by atoms with Gasteiger partial charge in [0.25, 0.3) is 5.91 Å². The molecule has 0 fully saturated rings. The summed E-state index contributed by atoms with van der Waals surface area (Å²) in [6.07, 6.45) is 1.62. The lowest BCUT2D eigenvalue weighted by atomic mass is 10.1. The largest absolute Gasteiger partial charge is 0.508 e. The Bertz CT molecular complexity index is 766. The topological polar surface area (TPSA) is 78.4 Å². The van der Waals surface area contributed by atoms with Crippen molar-refractivity contribution < 1.29 is 14.7 Å². The van der Waals surface area contributed by atoms with Crippen LogP contribution >= 0.6 is 0 Å². The monoisotopic (exact) mass is 310 g/mol. The van der Waals surface area contributed by atoms with Gasteiger partial charge in [0, 0.05) is 18.7 Å². The molecule has 2 aromatic rings. The first-order chi connectivity index (χ1) is 11.0. The number of anilines is 1. The number of carbonyl (C=O) groups is 2. The van der Waals surface area contributed by atoms with Crippen LogP contribution in [-0.2, 0) is 9.59 Å². The zero-order valence-corrected chi connectivity index (χ0v) is 13.0. The Kier molecular flexibility index (Phi) is 5.15. The van der Waals surface area contributed by atoms with E-state index in [0.29, 0.717) is 5.69 Å². The van der Waals surface area contributed by atoms with Gasteiger partial charge in [-0.05, 0) is 36.3 Å². The van der Waals surface area contributed by atoms with Gasteiger partial charge in [0.05, 0.1) is 0 Å². The Balaban J connectivity index is 2.29. The highest BCUT2D eigenvalue weighted by atomic mass is 16.3. The Morgan fingerprint density at radius 2 is 1.83 bits per heavy atom. The lowest BCUT2D eigenvalue weighted by molar-refractivity contribution is -0.120. The van der Waals surface area contributed by atoms with Crippen molar-refractivity contribution in [3.8, 4) is 5.75 Å². The predicted molar refractivity (Wildman–Crippen MR) is 89.7 cm³/mol. The lowest BCUT2D eigenvalue weighted by Gasteiger charge is -2.10. The molecule has 0 aliphatic heterocycles. The number of carbonyl (C=O) groups excluding carboxylic acids is 2. The fourth-order valence-electron chi connectivity index (χ4n) is 2.03.